The Labute approximate surface area is 169 Å². The molecule has 0 heterocycles. The van der Waals surface area contributed by atoms with Gasteiger partial charge in [0.05, 0.1) is 16.7 Å². The number of rotatable bonds is 8. The van der Waals surface area contributed by atoms with Gasteiger partial charge in [-0.2, -0.15) is 0 Å². The maximum Gasteiger partial charge on any atom is 0.255 e. The number of hydrogen-bond donors (Lipinski definition) is 1. The summed E-state index contributed by atoms with van der Waals surface area (Å²) < 4.78 is 5.68. The van der Waals surface area contributed by atoms with Crippen molar-refractivity contribution in [2.75, 3.05) is 11.9 Å². The van der Waals surface area contributed by atoms with Gasteiger partial charge in [0.1, 0.15) is 0 Å². The quantitative estimate of drug-likeness (QED) is 0.465. The highest BCUT2D eigenvalue weighted by atomic mass is 35.5. The molecule has 0 bridgehead atoms. The maximum atomic E-state index is 12.4. The second kappa shape index (κ2) is 10.1. The van der Waals surface area contributed by atoms with Crippen LogP contribution < -0.4 is 10.1 Å². The van der Waals surface area contributed by atoms with Gasteiger partial charge in [0.15, 0.2) is 5.75 Å². The number of ether oxygens (including phenoxy) is 1. The van der Waals surface area contributed by atoms with Crippen molar-refractivity contribution in [3.63, 3.8) is 0 Å². The molecule has 26 heavy (non-hydrogen) atoms. The van der Waals surface area contributed by atoms with Crippen molar-refractivity contribution in [1.29, 1.82) is 0 Å². The van der Waals surface area contributed by atoms with Crippen LogP contribution in [0, 0.1) is 6.92 Å². The zero-order valence-corrected chi connectivity index (χ0v) is 17.1. The van der Waals surface area contributed by atoms with Crippen LogP contribution in [-0.2, 0) is 0 Å². The number of unbranched alkanes of at least 4 members (excludes halogenated alkanes) is 3. The molecule has 0 saturated carbocycles. The van der Waals surface area contributed by atoms with E-state index >= 15 is 0 Å². The largest absolute Gasteiger partial charge is 0.490 e. The number of carbonyl (C=O) groups excluding carboxylic acids is 1. The Kier molecular flexibility index (Phi) is 8.08. The fourth-order valence-corrected chi connectivity index (χ4v) is 3.18. The molecule has 0 aliphatic heterocycles. The Bertz CT molecular complexity index is 755. The van der Waals surface area contributed by atoms with Gasteiger partial charge in [-0.1, -0.05) is 67.1 Å². The van der Waals surface area contributed by atoms with E-state index in [9.17, 15) is 4.79 Å². The first-order valence-electron chi connectivity index (χ1n) is 8.61. The Hall–Kier alpha value is -1.42. The zero-order chi connectivity index (χ0) is 19.1. The third-order valence-electron chi connectivity index (χ3n) is 3.93. The molecule has 0 radical (unpaired) electrons. The van der Waals surface area contributed by atoms with E-state index in [1.807, 2.05) is 13.0 Å². The van der Waals surface area contributed by atoms with E-state index in [1.165, 1.54) is 6.42 Å². The van der Waals surface area contributed by atoms with Crippen LogP contribution in [0.5, 0.6) is 5.75 Å². The maximum absolute atomic E-state index is 12.4. The number of hydrogen-bond acceptors (Lipinski definition) is 2. The minimum atomic E-state index is -0.316. The van der Waals surface area contributed by atoms with Gasteiger partial charge in [0, 0.05) is 16.3 Å². The highest BCUT2D eigenvalue weighted by molar-refractivity contribution is 6.38. The highest BCUT2D eigenvalue weighted by Gasteiger charge is 2.15. The summed E-state index contributed by atoms with van der Waals surface area (Å²) in [6.07, 6.45) is 4.38. The van der Waals surface area contributed by atoms with Crippen molar-refractivity contribution < 1.29 is 9.53 Å². The molecule has 0 atom stereocenters. The monoisotopic (exact) mass is 413 g/mol. The number of anilines is 1. The zero-order valence-electron chi connectivity index (χ0n) is 14.9. The molecule has 2 rings (SSSR count). The van der Waals surface area contributed by atoms with E-state index in [0.717, 1.165) is 24.8 Å². The molecule has 1 N–H and O–H groups in total. The van der Waals surface area contributed by atoms with Crippen LogP contribution in [0.3, 0.4) is 0 Å². The summed E-state index contributed by atoms with van der Waals surface area (Å²) in [5.41, 5.74) is 1.90. The fourth-order valence-electron chi connectivity index (χ4n) is 2.41. The predicted octanol–water partition coefficient (Wildman–Crippen LogP) is 7.17. The van der Waals surface area contributed by atoms with Gasteiger partial charge in [-0.25, -0.2) is 0 Å². The van der Waals surface area contributed by atoms with Gasteiger partial charge >= 0.3 is 0 Å². The van der Waals surface area contributed by atoms with Crippen molar-refractivity contribution in [3.8, 4) is 5.75 Å². The molecule has 2 aromatic carbocycles. The SMILES string of the molecule is CCCCCCOc1c(Cl)cc(C(=O)Nc2ccc(C)c(Cl)c2)cc1Cl. The number of nitrogens with one attached hydrogen (secondary N) is 1. The van der Waals surface area contributed by atoms with Crippen molar-refractivity contribution in [1.82, 2.24) is 0 Å². The summed E-state index contributed by atoms with van der Waals surface area (Å²) in [7, 11) is 0. The summed E-state index contributed by atoms with van der Waals surface area (Å²) >= 11 is 18.6. The first kappa shape index (κ1) is 20.9. The van der Waals surface area contributed by atoms with E-state index in [-0.39, 0.29) is 5.91 Å². The minimum Gasteiger partial charge on any atom is -0.490 e. The van der Waals surface area contributed by atoms with Crippen LogP contribution in [0.2, 0.25) is 15.1 Å². The lowest BCUT2D eigenvalue weighted by atomic mass is 10.1. The van der Waals surface area contributed by atoms with Gasteiger partial charge in [0.25, 0.3) is 5.91 Å². The van der Waals surface area contributed by atoms with E-state index < -0.39 is 0 Å². The first-order valence-corrected chi connectivity index (χ1v) is 9.75. The Morgan fingerprint density at radius 1 is 1.00 bits per heavy atom. The average Bonchev–Trinajstić information content (AvgIpc) is 2.59. The van der Waals surface area contributed by atoms with Crippen LogP contribution in [0.1, 0.15) is 48.5 Å². The molecule has 3 nitrogen and oxygen atoms in total. The van der Waals surface area contributed by atoms with E-state index in [1.54, 1.807) is 24.3 Å². The van der Waals surface area contributed by atoms with Crippen LogP contribution in [0.15, 0.2) is 30.3 Å². The number of carbonyl (C=O) groups is 1. The van der Waals surface area contributed by atoms with Crippen molar-refractivity contribution in [2.24, 2.45) is 0 Å². The summed E-state index contributed by atoms with van der Waals surface area (Å²) in [4.78, 5) is 12.4. The van der Waals surface area contributed by atoms with Gasteiger partial charge < -0.3 is 10.1 Å². The molecule has 0 fully saturated rings. The fraction of sp³-hybridized carbons (Fsp3) is 0.350. The smallest absolute Gasteiger partial charge is 0.255 e. The molecule has 1 amide bonds. The predicted molar refractivity (Wildman–Crippen MR) is 110 cm³/mol. The van der Waals surface area contributed by atoms with Crippen LogP contribution >= 0.6 is 34.8 Å². The lowest BCUT2D eigenvalue weighted by Gasteiger charge is -2.12. The summed E-state index contributed by atoms with van der Waals surface area (Å²) in [5.74, 6) is 0.1000. The van der Waals surface area contributed by atoms with Gasteiger partial charge in [-0.15, -0.1) is 0 Å². The number of halogens is 3. The summed E-state index contributed by atoms with van der Waals surface area (Å²) in [6.45, 7) is 4.60. The number of amides is 1. The van der Waals surface area contributed by atoms with Gasteiger partial charge in [-0.05, 0) is 43.2 Å². The van der Waals surface area contributed by atoms with Gasteiger partial charge in [-0.3, -0.25) is 4.79 Å². The third-order valence-corrected chi connectivity index (χ3v) is 4.90. The molecule has 0 aliphatic rings. The molecule has 140 valence electrons. The summed E-state index contributed by atoms with van der Waals surface area (Å²) in [6, 6.07) is 8.44. The van der Waals surface area contributed by atoms with Gasteiger partial charge in [0.2, 0.25) is 0 Å². The molecule has 0 spiro atoms. The molecule has 0 unspecified atom stereocenters. The molecule has 0 saturated heterocycles. The Morgan fingerprint density at radius 2 is 1.69 bits per heavy atom. The van der Waals surface area contributed by atoms with E-state index in [4.69, 9.17) is 39.5 Å². The topological polar surface area (TPSA) is 38.3 Å². The highest BCUT2D eigenvalue weighted by Crippen LogP contribution is 2.34. The Balaban J connectivity index is 2.05. The molecule has 6 heteroatoms. The van der Waals surface area contributed by atoms with Crippen LogP contribution in [0.25, 0.3) is 0 Å². The summed E-state index contributed by atoms with van der Waals surface area (Å²) in [5, 5.41) is 4.01. The molecular formula is C20H22Cl3NO2. The molecule has 0 aromatic heterocycles. The van der Waals surface area contributed by atoms with Crippen LogP contribution in [-0.4, -0.2) is 12.5 Å². The molecular weight excluding hydrogens is 393 g/mol. The minimum absolute atomic E-state index is 0.316. The molecule has 0 aliphatic carbocycles. The average molecular weight is 415 g/mol. The first-order chi connectivity index (χ1) is 12.4. The van der Waals surface area contributed by atoms with E-state index in [0.29, 0.717) is 38.7 Å². The normalized spacial score (nSPS) is 10.7. The standard InChI is InChI=1S/C20H22Cl3NO2/c1-3-4-5-6-9-26-19-17(22)10-14(11-18(19)23)20(25)24-15-8-7-13(2)16(21)12-15/h7-8,10-12H,3-6,9H2,1-2H3,(H,24,25). The van der Waals surface area contributed by atoms with Crippen molar-refractivity contribution in [2.45, 2.75) is 39.5 Å². The van der Waals surface area contributed by atoms with Crippen LogP contribution in [0.4, 0.5) is 5.69 Å². The molecule has 2 aromatic rings. The Morgan fingerprint density at radius 3 is 2.31 bits per heavy atom. The lowest BCUT2D eigenvalue weighted by Crippen LogP contribution is -2.12. The second-order valence-corrected chi connectivity index (χ2v) is 7.32. The van der Waals surface area contributed by atoms with Crippen molar-refractivity contribution in [3.05, 3.63) is 56.5 Å². The number of benzene rings is 2. The number of aryl methyl sites for hydroxylation is 1. The van der Waals surface area contributed by atoms with Crippen molar-refractivity contribution >= 4 is 46.4 Å². The van der Waals surface area contributed by atoms with E-state index in [2.05, 4.69) is 12.2 Å². The lowest BCUT2D eigenvalue weighted by molar-refractivity contribution is 0.102. The third kappa shape index (κ3) is 5.80. The second-order valence-electron chi connectivity index (χ2n) is 6.10.